The summed E-state index contributed by atoms with van der Waals surface area (Å²) in [6.07, 6.45) is 3.26. The van der Waals surface area contributed by atoms with Crippen molar-refractivity contribution in [3.63, 3.8) is 0 Å². The highest BCUT2D eigenvalue weighted by molar-refractivity contribution is 9.10. The number of rotatable bonds is 7. The molecule has 0 bridgehead atoms. The highest BCUT2D eigenvalue weighted by atomic mass is 79.9. The summed E-state index contributed by atoms with van der Waals surface area (Å²) in [6.45, 7) is 1.67. The van der Waals surface area contributed by atoms with Gasteiger partial charge in [0, 0.05) is 10.5 Å². The summed E-state index contributed by atoms with van der Waals surface area (Å²) >= 11 is 3.23. The first-order valence-corrected chi connectivity index (χ1v) is 6.25. The maximum Gasteiger partial charge on any atom is 0.128 e. The Bertz CT molecular complexity index is 300. The second-order valence-electron chi connectivity index (χ2n) is 3.62. The van der Waals surface area contributed by atoms with Crippen LogP contribution in [0.5, 0.6) is 5.75 Å². The van der Waals surface area contributed by atoms with Crippen molar-refractivity contribution in [2.45, 2.75) is 19.3 Å². The van der Waals surface area contributed by atoms with Crippen LogP contribution in [-0.2, 0) is 0 Å². The first-order chi connectivity index (χ1) is 7.72. The van der Waals surface area contributed by atoms with E-state index < -0.39 is 0 Å². The number of hydrogen-bond acceptors (Lipinski definition) is 2. The van der Waals surface area contributed by atoms with Gasteiger partial charge >= 0.3 is 0 Å². The van der Waals surface area contributed by atoms with Gasteiger partial charge in [0.05, 0.1) is 6.61 Å². The first kappa shape index (κ1) is 13.5. The molecule has 0 saturated heterocycles. The molecule has 0 amide bonds. The second-order valence-corrected chi connectivity index (χ2v) is 4.53. The Morgan fingerprint density at radius 3 is 2.75 bits per heavy atom. The van der Waals surface area contributed by atoms with Gasteiger partial charge in [0.25, 0.3) is 0 Å². The third-order valence-corrected chi connectivity index (χ3v) is 2.63. The highest BCUT2D eigenvalue weighted by Gasteiger charge is 1.99. The number of halogens is 2. The van der Waals surface area contributed by atoms with E-state index in [0.717, 1.165) is 25.8 Å². The summed E-state index contributed by atoms with van der Waals surface area (Å²) in [4.78, 5) is 0. The molecular weight excluding hydrogens is 273 g/mol. The van der Waals surface area contributed by atoms with Crippen LogP contribution in [0, 0.1) is 5.82 Å². The van der Waals surface area contributed by atoms with E-state index in [-0.39, 0.29) is 5.82 Å². The molecule has 0 atom stereocenters. The largest absolute Gasteiger partial charge is 0.493 e. The number of ether oxygens (including phenoxy) is 1. The average Bonchev–Trinajstić information content (AvgIpc) is 2.22. The summed E-state index contributed by atoms with van der Waals surface area (Å²) in [6, 6.07) is 4.59. The quantitative estimate of drug-likeness (QED) is 0.777. The van der Waals surface area contributed by atoms with Gasteiger partial charge in [0.1, 0.15) is 11.6 Å². The third-order valence-electron chi connectivity index (χ3n) is 2.18. The van der Waals surface area contributed by atoms with Crippen LogP contribution in [0.3, 0.4) is 0 Å². The lowest BCUT2D eigenvalue weighted by Gasteiger charge is -2.06. The van der Waals surface area contributed by atoms with E-state index >= 15 is 0 Å². The fraction of sp³-hybridized carbons (Fsp3) is 0.500. The number of unbranched alkanes of at least 4 members (excludes halogenated alkanes) is 2. The summed E-state index contributed by atoms with van der Waals surface area (Å²) in [5.74, 6) is 0.306. The lowest BCUT2D eigenvalue weighted by atomic mass is 10.2. The van der Waals surface area contributed by atoms with Gasteiger partial charge in [0.15, 0.2) is 0 Å². The van der Waals surface area contributed by atoms with Crippen molar-refractivity contribution in [1.29, 1.82) is 0 Å². The van der Waals surface area contributed by atoms with E-state index in [1.165, 1.54) is 12.1 Å². The number of nitrogens with one attached hydrogen (secondary N) is 1. The highest BCUT2D eigenvalue weighted by Crippen LogP contribution is 2.20. The Labute approximate surface area is 104 Å². The van der Waals surface area contributed by atoms with Crippen LogP contribution in [0.25, 0.3) is 0 Å². The molecule has 2 nitrogen and oxygen atoms in total. The maximum atomic E-state index is 13.0. The van der Waals surface area contributed by atoms with Crippen molar-refractivity contribution in [2.75, 3.05) is 20.2 Å². The van der Waals surface area contributed by atoms with Gasteiger partial charge in [-0.2, -0.15) is 0 Å². The van der Waals surface area contributed by atoms with Crippen LogP contribution in [-0.4, -0.2) is 20.2 Å². The van der Waals surface area contributed by atoms with Crippen molar-refractivity contribution < 1.29 is 9.13 Å². The lowest BCUT2D eigenvalue weighted by Crippen LogP contribution is -2.07. The zero-order valence-electron chi connectivity index (χ0n) is 9.43. The molecule has 0 saturated carbocycles. The first-order valence-electron chi connectivity index (χ1n) is 5.46. The summed E-state index contributed by atoms with van der Waals surface area (Å²) in [5, 5.41) is 3.09. The van der Waals surface area contributed by atoms with Crippen LogP contribution in [0.1, 0.15) is 19.3 Å². The predicted molar refractivity (Wildman–Crippen MR) is 67.4 cm³/mol. The van der Waals surface area contributed by atoms with Crippen molar-refractivity contribution in [1.82, 2.24) is 5.32 Å². The molecular formula is C12H17BrFNO. The monoisotopic (exact) mass is 289 g/mol. The third kappa shape index (κ3) is 5.47. The van der Waals surface area contributed by atoms with Crippen molar-refractivity contribution >= 4 is 15.9 Å². The fourth-order valence-electron chi connectivity index (χ4n) is 1.38. The van der Waals surface area contributed by atoms with E-state index in [2.05, 4.69) is 21.2 Å². The predicted octanol–water partition coefficient (Wildman–Crippen LogP) is 3.36. The van der Waals surface area contributed by atoms with E-state index in [4.69, 9.17) is 4.74 Å². The van der Waals surface area contributed by atoms with Gasteiger partial charge in [0.2, 0.25) is 0 Å². The molecule has 1 aromatic carbocycles. The van der Waals surface area contributed by atoms with Gasteiger partial charge in [-0.15, -0.1) is 0 Å². The minimum absolute atomic E-state index is 0.278. The number of hydrogen-bond donors (Lipinski definition) is 1. The Morgan fingerprint density at radius 1 is 1.25 bits per heavy atom. The molecule has 1 N–H and O–H groups in total. The van der Waals surface area contributed by atoms with Gasteiger partial charge in [-0.1, -0.05) is 15.9 Å². The van der Waals surface area contributed by atoms with Gasteiger partial charge in [-0.25, -0.2) is 4.39 Å². The molecule has 0 aromatic heterocycles. The van der Waals surface area contributed by atoms with Crippen LogP contribution < -0.4 is 10.1 Å². The minimum Gasteiger partial charge on any atom is -0.493 e. The Hall–Kier alpha value is -0.610. The van der Waals surface area contributed by atoms with E-state index in [9.17, 15) is 4.39 Å². The Balaban J connectivity index is 2.21. The van der Waals surface area contributed by atoms with Crippen molar-refractivity contribution in [3.05, 3.63) is 28.5 Å². The lowest BCUT2D eigenvalue weighted by molar-refractivity contribution is 0.303. The molecule has 0 radical (unpaired) electrons. The zero-order valence-corrected chi connectivity index (χ0v) is 11.0. The molecule has 90 valence electrons. The Morgan fingerprint density at radius 2 is 2.06 bits per heavy atom. The SMILES string of the molecule is CNCCCCCOc1cc(F)cc(Br)c1. The summed E-state index contributed by atoms with van der Waals surface area (Å²) in [5.41, 5.74) is 0. The van der Waals surface area contributed by atoms with E-state index in [0.29, 0.717) is 16.8 Å². The zero-order chi connectivity index (χ0) is 11.8. The molecule has 1 aromatic rings. The second kappa shape index (κ2) is 7.63. The molecule has 0 fully saturated rings. The number of benzene rings is 1. The summed E-state index contributed by atoms with van der Waals surface area (Å²) in [7, 11) is 1.95. The van der Waals surface area contributed by atoms with Crippen LogP contribution >= 0.6 is 15.9 Å². The fourth-order valence-corrected chi connectivity index (χ4v) is 1.83. The topological polar surface area (TPSA) is 21.3 Å². The smallest absolute Gasteiger partial charge is 0.128 e. The molecule has 16 heavy (non-hydrogen) atoms. The summed E-state index contributed by atoms with van der Waals surface area (Å²) < 4.78 is 19.1. The normalized spacial score (nSPS) is 10.4. The molecule has 0 unspecified atom stereocenters. The van der Waals surface area contributed by atoms with Crippen LogP contribution in [0.2, 0.25) is 0 Å². The van der Waals surface area contributed by atoms with E-state index in [1.54, 1.807) is 6.07 Å². The molecule has 0 aliphatic rings. The minimum atomic E-state index is -0.278. The molecule has 0 heterocycles. The molecule has 0 aliphatic carbocycles. The van der Waals surface area contributed by atoms with Gasteiger partial charge < -0.3 is 10.1 Å². The Kier molecular flexibility index (Phi) is 6.42. The van der Waals surface area contributed by atoms with Crippen LogP contribution in [0.15, 0.2) is 22.7 Å². The molecule has 0 spiro atoms. The van der Waals surface area contributed by atoms with Crippen molar-refractivity contribution in [2.24, 2.45) is 0 Å². The maximum absolute atomic E-state index is 13.0. The molecule has 0 aliphatic heterocycles. The molecule has 1 rings (SSSR count). The van der Waals surface area contributed by atoms with Gasteiger partial charge in [-0.05, 0) is 45.0 Å². The molecule has 4 heteroatoms. The average molecular weight is 290 g/mol. The van der Waals surface area contributed by atoms with Gasteiger partial charge in [-0.3, -0.25) is 0 Å². The van der Waals surface area contributed by atoms with Crippen LogP contribution in [0.4, 0.5) is 4.39 Å². The standard InChI is InChI=1S/C12H17BrFNO/c1-15-5-3-2-4-6-16-12-8-10(13)7-11(14)9-12/h7-9,15H,2-6H2,1H3. The van der Waals surface area contributed by atoms with Crippen molar-refractivity contribution in [3.8, 4) is 5.75 Å². The van der Waals surface area contributed by atoms with E-state index in [1.807, 2.05) is 7.05 Å².